The summed E-state index contributed by atoms with van der Waals surface area (Å²) in [4.78, 5) is 2.00. The van der Waals surface area contributed by atoms with Crippen molar-refractivity contribution in [2.75, 3.05) is 21.1 Å². The Morgan fingerprint density at radius 2 is 1.32 bits per heavy atom. The molecule has 0 aliphatic carbocycles. The monoisotopic (exact) mass is 301 g/mol. The molecule has 1 rings (SSSR count). The van der Waals surface area contributed by atoms with Crippen molar-refractivity contribution in [1.29, 1.82) is 0 Å². The van der Waals surface area contributed by atoms with Gasteiger partial charge in [0.15, 0.2) is 0 Å². The van der Waals surface area contributed by atoms with Gasteiger partial charge >= 0.3 is 15.6 Å². The first-order chi connectivity index (χ1) is 8.38. The summed E-state index contributed by atoms with van der Waals surface area (Å²) in [6.45, 7) is 2.08. The summed E-state index contributed by atoms with van der Waals surface area (Å²) in [5.74, 6) is 0. The fraction of sp³-hybridized carbons (Fsp3) is 0.455. The summed E-state index contributed by atoms with van der Waals surface area (Å²) in [6.07, 6.45) is 0. The van der Waals surface area contributed by atoms with E-state index in [1.165, 1.54) is 5.56 Å². The smallest absolute Gasteiger partial charge is 0.312 e. The van der Waals surface area contributed by atoms with Crippen LogP contribution in [0.15, 0.2) is 30.3 Å². The van der Waals surface area contributed by atoms with Gasteiger partial charge in [-0.05, 0) is 28.1 Å². The molecule has 0 atom stereocenters. The number of hydrogen-bond donors (Lipinski definition) is 1. The largest absolute Gasteiger partial charge is 0.522 e. The Morgan fingerprint density at radius 3 is 1.42 bits per heavy atom. The molecule has 1 aromatic carbocycles. The Labute approximate surface area is 111 Å². The molecule has 0 amide bonds. The Balaban J connectivity index is 0. The highest BCUT2D eigenvalue weighted by atomic mass is 32.2. The predicted molar refractivity (Wildman–Crippen MR) is 68.4 cm³/mol. The van der Waals surface area contributed by atoms with Crippen LogP contribution in [-0.2, 0) is 10.1 Å². The van der Waals surface area contributed by atoms with Crippen molar-refractivity contribution >= 4 is 10.1 Å². The van der Waals surface area contributed by atoms with Crippen LogP contribution in [0.25, 0.3) is 0 Å². The van der Waals surface area contributed by atoms with E-state index in [4.69, 9.17) is 13.0 Å². The number of nitrogens with zero attached hydrogens (tertiary/aromatic N) is 1. The number of aryl methyl sites for hydroxylation is 1. The fourth-order valence-electron chi connectivity index (χ4n) is 0.534. The molecule has 0 aromatic heterocycles. The maximum absolute atomic E-state index is 10.7. The van der Waals surface area contributed by atoms with E-state index in [9.17, 15) is 13.2 Å². The molecule has 112 valence electrons. The highest BCUT2D eigenvalue weighted by Crippen LogP contribution is 2.20. The van der Waals surface area contributed by atoms with Crippen molar-refractivity contribution in [3.05, 3.63) is 35.9 Å². The van der Waals surface area contributed by atoms with Gasteiger partial charge in [-0.15, -0.1) is 0 Å². The van der Waals surface area contributed by atoms with Crippen LogP contribution >= 0.6 is 0 Å². The Hall–Kier alpha value is -1.12. The third-order valence-corrected chi connectivity index (χ3v) is 1.82. The molecule has 4 nitrogen and oxygen atoms in total. The first-order valence-electron chi connectivity index (χ1n) is 5.04. The van der Waals surface area contributed by atoms with Gasteiger partial charge in [0.25, 0.3) is 0 Å². The minimum absolute atomic E-state index is 1.32. The van der Waals surface area contributed by atoms with Crippen molar-refractivity contribution in [2.45, 2.75) is 12.4 Å². The molecule has 0 saturated carbocycles. The quantitative estimate of drug-likeness (QED) is 0.591. The lowest BCUT2D eigenvalue weighted by Crippen LogP contribution is -2.21. The van der Waals surface area contributed by atoms with Crippen LogP contribution in [-0.4, -0.2) is 44.5 Å². The van der Waals surface area contributed by atoms with Gasteiger partial charge in [-0.25, -0.2) is 0 Å². The molecule has 0 spiro atoms. The van der Waals surface area contributed by atoms with E-state index >= 15 is 0 Å². The summed E-state index contributed by atoms with van der Waals surface area (Å²) in [6, 6.07) is 10.3. The van der Waals surface area contributed by atoms with Crippen molar-refractivity contribution in [3.63, 3.8) is 0 Å². The zero-order chi connectivity index (χ0) is 15.7. The van der Waals surface area contributed by atoms with E-state index < -0.39 is 15.6 Å². The molecule has 1 aromatic rings. The standard InChI is InChI=1S/C7H8.C3H9N.CHF3O3S/c1-7-5-3-2-4-6-7;1-4(2)3;2-1(3,4)8(5,6)7/h2-6H,1H3;1-3H3;(H,5,6,7). The lowest BCUT2D eigenvalue weighted by Gasteiger charge is -1.97. The maximum atomic E-state index is 10.7. The molecule has 0 radical (unpaired) electrons. The SMILES string of the molecule is CN(C)C.Cc1ccccc1.O=S(=O)(O)C(F)(F)F. The highest BCUT2D eigenvalue weighted by molar-refractivity contribution is 7.86. The molecule has 1 N–H and O–H groups in total. The minimum atomic E-state index is -5.84. The van der Waals surface area contributed by atoms with Gasteiger partial charge in [-0.1, -0.05) is 35.9 Å². The van der Waals surface area contributed by atoms with Crippen molar-refractivity contribution in [2.24, 2.45) is 0 Å². The van der Waals surface area contributed by atoms with Crippen molar-refractivity contribution in [1.82, 2.24) is 4.90 Å². The van der Waals surface area contributed by atoms with E-state index in [0.29, 0.717) is 0 Å². The normalized spacial score (nSPS) is 11.0. The second-order valence-electron chi connectivity index (χ2n) is 3.92. The first-order valence-corrected chi connectivity index (χ1v) is 6.48. The van der Waals surface area contributed by atoms with Crippen LogP contribution < -0.4 is 0 Å². The van der Waals surface area contributed by atoms with Crippen molar-refractivity contribution < 1.29 is 26.1 Å². The molecule has 0 aliphatic heterocycles. The van der Waals surface area contributed by atoms with Gasteiger partial charge in [-0.3, -0.25) is 4.55 Å². The second kappa shape index (κ2) is 8.89. The molecular weight excluding hydrogens is 283 g/mol. The fourth-order valence-corrected chi connectivity index (χ4v) is 0.534. The van der Waals surface area contributed by atoms with Gasteiger partial charge < -0.3 is 4.90 Å². The van der Waals surface area contributed by atoms with Gasteiger partial charge in [0.2, 0.25) is 0 Å². The van der Waals surface area contributed by atoms with Gasteiger partial charge in [0, 0.05) is 0 Å². The molecule has 0 unspecified atom stereocenters. The summed E-state index contributed by atoms with van der Waals surface area (Å²) >= 11 is 0. The second-order valence-corrected chi connectivity index (χ2v) is 5.33. The Morgan fingerprint density at radius 1 is 1.05 bits per heavy atom. The van der Waals surface area contributed by atoms with E-state index in [-0.39, 0.29) is 0 Å². The number of alkyl halides is 3. The molecule has 0 saturated heterocycles. The lowest BCUT2D eigenvalue weighted by atomic mass is 10.2. The van der Waals surface area contributed by atoms with Gasteiger partial charge in [0.1, 0.15) is 0 Å². The zero-order valence-corrected chi connectivity index (χ0v) is 12.0. The van der Waals surface area contributed by atoms with Crippen LogP contribution in [0.1, 0.15) is 5.56 Å². The Bertz CT molecular complexity index is 427. The highest BCUT2D eigenvalue weighted by Gasteiger charge is 2.44. The van der Waals surface area contributed by atoms with Crippen LogP contribution in [0, 0.1) is 6.92 Å². The van der Waals surface area contributed by atoms with Crippen LogP contribution in [0.3, 0.4) is 0 Å². The molecule has 0 fully saturated rings. The third kappa shape index (κ3) is 14.8. The average molecular weight is 301 g/mol. The van der Waals surface area contributed by atoms with Gasteiger partial charge in [0.05, 0.1) is 0 Å². The number of rotatable bonds is 0. The third-order valence-electron chi connectivity index (χ3n) is 1.23. The van der Waals surface area contributed by atoms with E-state index in [1.807, 2.05) is 44.2 Å². The molecular formula is C11H18F3NO3S. The van der Waals surface area contributed by atoms with Crippen LogP contribution in [0.2, 0.25) is 0 Å². The maximum Gasteiger partial charge on any atom is 0.522 e. The number of benzene rings is 1. The lowest BCUT2D eigenvalue weighted by molar-refractivity contribution is -0.0510. The molecule has 0 aliphatic rings. The van der Waals surface area contributed by atoms with Crippen LogP contribution in [0.4, 0.5) is 13.2 Å². The summed E-state index contributed by atoms with van der Waals surface area (Å²) in [7, 11) is 0.160. The summed E-state index contributed by atoms with van der Waals surface area (Å²) in [5, 5.41) is 0. The zero-order valence-electron chi connectivity index (χ0n) is 11.1. The average Bonchev–Trinajstić information content (AvgIpc) is 2.15. The molecule has 19 heavy (non-hydrogen) atoms. The molecule has 8 heteroatoms. The summed E-state index contributed by atoms with van der Waals surface area (Å²) < 4.78 is 57.5. The Kier molecular flexibility index (Phi) is 9.45. The molecule has 0 bridgehead atoms. The van der Waals surface area contributed by atoms with E-state index in [1.54, 1.807) is 0 Å². The summed E-state index contributed by atoms with van der Waals surface area (Å²) in [5.41, 5.74) is -4.21. The van der Waals surface area contributed by atoms with Gasteiger partial charge in [-0.2, -0.15) is 21.6 Å². The van der Waals surface area contributed by atoms with Crippen molar-refractivity contribution in [3.8, 4) is 0 Å². The number of hydrogen-bond acceptors (Lipinski definition) is 3. The van der Waals surface area contributed by atoms with E-state index in [0.717, 1.165) is 0 Å². The van der Waals surface area contributed by atoms with Crippen LogP contribution in [0.5, 0.6) is 0 Å². The topological polar surface area (TPSA) is 57.6 Å². The predicted octanol–water partition coefficient (Wildman–Crippen LogP) is 2.57. The number of halogens is 3. The molecule has 0 heterocycles. The first kappa shape index (κ1) is 20.2. The van der Waals surface area contributed by atoms with E-state index in [2.05, 4.69) is 19.1 Å². The minimum Gasteiger partial charge on any atom is -0.312 e.